The minimum Gasteiger partial charge on any atom is -0.493 e. The summed E-state index contributed by atoms with van der Waals surface area (Å²) in [6.07, 6.45) is 8.86. The van der Waals surface area contributed by atoms with Crippen molar-refractivity contribution >= 4 is 50.3 Å². The van der Waals surface area contributed by atoms with E-state index in [-0.39, 0.29) is 15.3 Å². The molecule has 1 saturated heterocycles. The molecule has 0 atom stereocenters. The van der Waals surface area contributed by atoms with Crippen molar-refractivity contribution in [2.45, 2.75) is 56.6 Å². The highest BCUT2D eigenvalue weighted by Crippen LogP contribution is 2.35. The Hall–Kier alpha value is -2.30. The first kappa shape index (κ1) is 27.3. The van der Waals surface area contributed by atoms with E-state index in [1.165, 1.54) is 36.6 Å². The van der Waals surface area contributed by atoms with Crippen LogP contribution in [0.3, 0.4) is 0 Å². The Morgan fingerprint density at radius 1 is 1.06 bits per heavy atom. The summed E-state index contributed by atoms with van der Waals surface area (Å²) >= 11 is 2.15. The number of thiophene rings is 1. The molecule has 0 spiro atoms. The van der Waals surface area contributed by atoms with E-state index >= 15 is 0 Å². The average molecular weight is 537 g/mol. The van der Waals surface area contributed by atoms with Gasteiger partial charge in [-0.3, -0.25) is 9.69 Å². The van der Waals surface area contributed by atoms with E-state index in [1.54, 1.807) is 31.6 Å². The van der Waals surface area contributed by atoms with Gasteiger partial charge in [0.05, 0.1) is 18.6 Å². The number of unbranched alkanes of at least 4 members (excludes halogenated alkanes) is 5. The summed E-state index contributed by atoms with van der Waals surface area (Å²) in [6, 6.07) is 8.65. The molecule has 35 heavy (non-hydrogen) atoms. The standard InChI is InChI=1S/C25H32N2O5S3/c1-4-6-7-8-9-10-15-32-20-14-13-19(17-21(20)31-3)18-22-24(28)27(5-2)25(34-22)26-35(29,30)23-12-11-16-33-23/h11-14,16-18H,4-10,15H2,1-3H3. The highest BCUT2D eigenvalue weighted by molar-refractivity contribution is 8.19. The minimum atomic E-state index is -3.87. The molecule has 0 aliphatic carbocycles. The first-order valence-electron chi connectivity index (χ1n) is 11.8. The number of thioether (sulfide) groups is 1. The van der Waals surface area contributed by atoms with Gasteiger partial charge >= 0.3 is 0 Å². The number of carbonyl (C=O) groups is 1. The number of methoxy groups -OCH3 is 1. The molecule has 0 N–H and O–H groups in total. The van der Waals surface area contributed by atoms with Crippen LogP contribution in [-0.4, -0.2) is 44.7 Å². The Kier molecular flexibility index (Phi) is 10.2. The van der Waals surface area contributed by atoms with Crippen LogP contribution in [0.15, 0.2) is 49.2 Å². The van der Waals surface area contributed by atoms with Gasteiger partial charge in [-0.15, -0.1) is 15.7 Å². The highest BCUT2D eigenvalue weighted by atomic mass is 32.2. The maximum Gasteiger partial charge on any atom is 0.294 e. The predicted molar refractivity (Wildman–Crippen MR) is 144 cm³/mol. The van der Waals surface area contributed by atoms with Crippen molar-refractivity contribution in [3.63, 3.8) is 0 Å². The number of rotatable bonds is 13. The monoisotopic (exact) mass is 536 g/mol. The Bertz CT molecular complexity index is 1160. The maximum atomic E-state index is 12.9. The van der Waals surface area contributed by atoms with Crippen LogP contribution >= 0.6 is 23.1 Å². The van der Waals surface area contributed by atoms with Gasteiger partial charge in [0.1, 0.15) is 4.21 Å². The molecule has 1 aliphatic rings. The second-order valence-electron chi connectivity index (χ2n) is 7.97. The van der Waals surface area contributed by atoms with Crippen LogP contribution < -0.4 is 9.47 Å². The summed E-state index contributed by atoms with van der Waals surface area (Å²) in [4.78, 5) is 14.7. The van der Waals surface area contributed by atoms with Gasteiger partial charge in [0.25, 0.3) is 15.9 Å². The van der Waals surface area contributed by atoms with Gasteiger partial charge in [-0.1, -0.05) is 51.2 Å². The third kappa shape index (κ3) is 7.35. The average Bonchev–Trinajstić information content (AvgIpc) is 3.48. The van der Waals surface area contributed by atoms with E-state index in [9.17, 15) is 13.2 Å². The van der Waals surface area contributed by atoms with Crippen LogP contribution in [-0.2, 0) is 14.8 Å². The van der Waals surface area contributed by atoms with Crippen molar-refractivity contribution in [3.8, 4) is 11.5 Å². The third-order valence-corrected chi connectivity index (χ3v) is 9.15. The van der Waals surface area contributed by atoms with E-state index in [2.05, 4.69) is 11.3 Å². The molecular weight excluding hydrogens is 504 g/mol. The smallest absolute Gasteiger partial charge is 0.294 e. The molecule has 2 heterocycles. The number of amides is 1. The highest BCUT2D eigenvalue weighted by Gasteiger charge is 2.34. The molecular formula is C25H32N2O5S3. The minimum absolute atomic E-state index is 0.146. The van der Waals surface area contributed by atoms with Crippen LogP contribution in [0.1, 0.15) is 57.9 Å². The van der Waals surface area contributed by atoms with Crippen LogP contribution in [0.25, 0.3) is 6.08 Å². The van der Waals surface area contributed by atoms with E-state index in [0.717, 1.165) is 41.5 Å². The second-order valence-corrected chi connectivity index (χ2v) is 11.8. The van der Waals surface area contributed by atoms with Gasteiger partial charge < -0.3 is 9.47 Å². The normalized spacial score (nSPS) is 16.4. The fourth-order valence-electron chi connectivity index (χ4n) is 3.52. The summed E-state index contributed by atoms with van der Waals surface area (Å²) in [6.45, 7) is 4.94. The van der Waals surface area contributed by atoms with Crippen molar-refractivity contribution in [2.24, 2.45) is 4.40 Å². The largest absolute Gasteiger partial charge is 0.493 e. The number of hydrogen-bond acceptors (Lipinski definition) is 7. The molecule has 0 radical (unpaired) electrons. The zero-order chi connectivity index (χ0) is 25.3. The zero-order valence-electron chi connectivity index (χ0n) is 20.4. The number of hydrogen-bond donors (Lipinski definition) is 0. The molecule has 1 amide bonds. The number of benzene rings is 1. The molecule has 1 aromatic carbocycles. The van der Waals surface area contributed by atoms with Gasteiger partial charge in [-0.25, -0.2) is 0 Å². The predicted octanol–water partition coefficient (Wildman–Crippen LogP) is 6.18. The molecule has 0 unspecified atom stereocenters. The van der Waals surface area contributed by atoms with Crippen LogP contribution in [0.2, 0.25) is 0 Å². The SMILES string of the molecule is CCCCCCCCOc1ccc(C=C2SC(=NS(=O)(=O)c3cccs3)N(CC)C2=O)cc1OC. The fourth-order valence-corrected chi connectivity index (χ4v) is 6.73. The van der Waals surface area contributed by atoms with Crippen molar-refractivity contribution in [1.29, 1.82) is 0 Å². The molecule has 10 heteroatoms. The molecule has 190 valence electrons. The van der Waals surface area contributed by atoms with Gasteiger partial charge in [-0.05, 0) is 60.3 Å². The number of carbonyl (C=O) groups excluding carboxylic acids is 1. The van der Waals surface area contributed by atoms with E-state index < -0.39 is 10.0 Å². The van der Waals surface area contributed by atoms with Gasteiger partial charge in [0.2, 0.25) is 0 Å². The van der Waals surface area contributed by atoms with E-state index in [4.69, 9.17) is 9.47 Å². The first-order valence-corrected chi connectivity index (χ1v) is 14.9. The number of likely N-dealkylation sites (N-methyl/N-ethyl adjacent to an activating group) is 1. The second kappa shape index (κ2) is 13.1. The van der Waals surface area contributed by atoms with E-state index in [1.807, 2.05) is 18.2 Å². The molecule has 1 aliphatic heterocycles. The lowest BCUT2D eigenvalue weighted by atomic mass is 10.1. The van der Waals surface area contributed by atoms with Crippen LogP contribution in [0.5, 0.6) is 11.5 Å². The molecule has 1 fully saturated rings. The Labute approximate surface area is 216 Å². The summed E-state index contributed by atoms with van der Waals surface area (Å²) < 4.78 is 40.7. The lowest BCUT2D eigenvalue weighted by Crippen LogP contribution is -2.29. The number of ether oxygens (including phenoxy) is 2. The van der Waals surface area contributed by atoms with Crippen molar-refractivity contribution in [2.75, 3.05) is 20.3 Å². The maximum absolute atomic E-state index is 12.9. The number of amidine groups is 1. The van der Waals surface area contributed by atoms with Gasteiger partial charge in [0.15, 0.2) is 16.7 Å². The van der Waals surface area contributed by atoms with Gasteiger partial charge in [0, 0.05) is 6.54 Å². The lowest BCUT2D eigenvalue weighted by Gasteiger charge is -2.12. The van der Waals surface area contributed by atoms with Crippen LogP contribution in [0.4, 0.5) is 0 Å². The summed E-state index contributed by atoms with van der Waals surface area (Å²) in [5.74, 6) is 0.968. The van der Waals surface area contributed by atoms with Gasteiger partial charge in [-0.2, -0.15) is 8.42 Å². The lowest BCUT2D eigenvalue weighted by molar-refractivity contribution is -0.122. The Balaban J connectivity index is 1.71. The fraction of sp³-hybridized carbons (Fsp3) is 0.440. The molecule has 1 aromatic heterocycles. The van der Waals surface area contributed by atoms with Crippen molar-refractivity contribution < 1.29 is 22.7 Å². The molecule has 7 nitrogen and oxygen atoms in total. The van der Waals surface area contributed by atoms with E-state index in [0.29, 0.717) is 29.6 Å². The Morgan fingerprint density at radius 3 is 2.51 bits per heavy atom. The Morgan fingerprint density at radius 2 is 1.83 bits per heavy atom. The zero-order valence-corrected chi connectivity index (χ0v) is 22.8. The summed E-state index contributed by atoms with van der Waals surface area (Å²) in [7, 11) is -2.29. The van der Waals surface area contributed by atoms with Crippen LogP contribution in [0, 0.1) is 0 Å². The third-order valence-electron chi connectivity index (χ3n) is 5.39. The number of nitrogens with zero attached hydrogens (tertiary/aromatic N) is 2. The number of sulfonamides is 1. The molecule has 0 saturated carbocycles. The molecule has 3 rings (SSSR count). The quantitative estimate of drug-likeness (QED) is 0.225. The first-order chi connectivity index (χ1) is 16.9. The van der Waals surface area contributed by atoms with Crippen molar-refractivity contribution in [3.05, 3.63) is 46.2 Å². The summed E-state index contributed by atoms with van der Waals surface area (Å²) in [5.41, 5.74) is 0.753. The van der Waals surface area contributed by atoms with Crippen molar-refractivity contribution in [1.82, 2.24) is 4.90 Å². The molecule has 0 bridgehead atoms. The topological polar surface area (TPSA) is 85.3 Å². The summed E-state index contributed by atoms with van der Waals surface area (Å²) in [5, 5.41) is 1.83. The molecule has 2 aromatic rings.